The van der Waals surface area contributed by atoms with E-state index in [9.17, 15) is 18.7 Å². The minimum absolute atomic E-state index is 0.104. The summed E-state index contributed by atoms with van der Waals surface area (Å²) in [6, 6.07) is 3.46. The summed E-state index contributed by atoms with van der Waals surface area (Å²) in [5, 5.41) is 10.5. The standard InChI is InChI=1S/C18H20F2O3/c1-18(22)16(11-7-4-2-3-5-8-11)15(17(21)23-18)14-12(19)9-6-10-13(14)20/h6,9-11,22H,2-5,7-8H2,1H3. The van der Waals surface area contributed by atoms with Crippen LogP contribution >= 0.6 is 0 Å². The summed E-state index contributed by atoms with van der Waals surface area (Å²) in [6.07, 6.45) is 5.66. The van der Waals surface area contributed by atoms with E-state index in [0.29, 0.717) is 5.57 Å². The van der Waals surface area contributed by atoms with Gasteiger partial charge < -0.3 is 9.84 Å². The van der Waals surface area contributed by atoms with E-state index in [-0.39, 0.29) is 11.5 Å². The first-order chi connectivity index (χ1) is 10.9. The number of ether oxygens (including phenoxy) is 1. The minimum atomic E-state index is -1.81. The van der Waals surface area contributed by atoms with E-state index in [0.717, 1.165) is 50.7 Å². The van der Waals surface area contributed by atoms with Gasteiger partial charge in [-0.15, -0.1) is 0 Å². The van der Waals surface area contributed by atoms with Crippen LogP contribution in [0.1, 0.15) is 51.0 Å². The SMILES string of the molecule is CC1(O)OC(=O)C(c2c(F)cccc2F)=C1C1CCCCCC1. The maximum atomic E-state index is 14.2. The zero-order chi connectivity index (χ0) is 16.6. The number of benzene rings is 1. The van der Waals surface area contributed by atoms with Gasteiger partial charge in [0.15, 0.2) is 0 Å². The molecule has 1 atom stereocenters. The Bertz CT molecular complexity index is 636. The molecule has 0 bridgehead atoms. The van der Waals surface area contributed by atoms with Crippen LogP contribution in [0.3, 0.4) is 0 Å². The molecule has 1 unspecified atom stereocenters. The topological polar surface area (TPSA) is 46.5 Å². The minimum Gasteiger partial charge on any atom is -0.426 e. The molecule has 124 valence electrons. The van der Waals surface area contributed by atoms with Gasteiger partial charge in [-0.05, 0) is 30.9 Å². The number of cyclic esters (lactones) is 1. The molecule has 5 heteroatoms. The van der Waals surface area contributed by atoms with Gasteiger partial charge in [0.1, 0.15) is 11.6 Å². The number of aliphatic hydroxyl groups is 1. The van der Waals surface area contributed by atoms with Crippen molar-refractivity contribution in [3.05, 3.63) is 41.0 Å². The number of hydrogen-bond acceptors (Lipinski definition) is 3. The number of carbonyl (C=O) groups excluding carboxylic acids is 1. The molecule has 1 aliphatic carbocycles. The van der Waals surface area contributed by atoms with E-state index in [1.165, 1.54) is 13.0 Å². The molecule has 1 aromatic carbocycles. The highest BCUT2D eigenvalue weighted by atomic mass is 19.1. The van der Waals surface area contributed by atoms with Crippen LogP contribution in [0.2, 0.25) is 0 Å². The maximum absolute atomic E-state index is 14.2. The van der Waals surface area contributed by atoms with E-state index >= 15 is 0 Å². The molecule has 3 nitrogen and oxygen atoms in total. The van der Waals surface area contributed by atoms with Crippen LogP contribution in [0.15, 0.2) is 23.8 Å². The van der Waals surface area contributed by atoms with E-state index in [1.807, 2.05) is 0 Å². The van der Waals surface area contributed by atoms with Crippen LogP contribution in [-0.2, 0) is 9.53 Å². The first-order valence-electron chi connectivity index (χ1n) is 8.06. The van der Waals surface area contributed by atoms with Crippen molar-refractivity contribution in [1.29, 1.82) is 0 Å². The van der Waals surface area contributed by atoms with Crippen molar-refractivity contribution in [1.82, 2.24) is 0 Å². The van der Waals surface area contributed by atoms with Crippen molar-refractivity contribution < 1.29 is 23.4 Å². The second-order valence-electron chi connectivity index (χ2n) is 6.45. The smallest absolute Gasteiger partial charge is 0.341 e. The Morgan fingerprint density at radius 3 is 2.26 bits per heavy atom. The first kappa shape index (κ1) is 16.1. The normalized spacial score (nSPS) is 26.3. The summed E-state index contributed by atoms with van der Waals surface area (Å²) >= 11 is 0. The molecule has 0 spiro atoms. The van der Waals surface area contributed by atoms with Crippen molar-refractivity contribution in [3.8, 4) is 0 Å². The summed E-state index contributed by atoms with van der Waals surface area (Å²) in [7, 11) is 0. The highest BCUT2D eigenvalue weighted by molar-refractivity contribution is 6.20. The molecule has 1 N–H and O–H groups in total. The summed E-state index contributed by atoms with van der Waals surface area (Å²) in [4.78, 5) is 12.3. The molecule has 23 heavy (non-hydrogen) atoms. The fraction of sp³-hybridized carbons (Fsp3) is 0.500. The second kappa shape index (κ2) is 6.04. The molecule has 1 aromatic rings. The molecule has 3 rings (SSSR count). The molecule has 1 fully saturated rings. The molecule has 1 saturated carbocycles. The number of esters is 1. The quantitative estimate of drug-likeness (QED) is 0.662. The summed E-state index contributed by atoms with van der Waals surface area (Å²) in [5.41, 5.74) is -0.208. The van der Waals surface area contributed by atoms with Gasteiger partial charge in [-0.3, -0.25) is 0 Å². The number of halogens is 2. The van der Waals surface area contributed by atoms with Gasteiger partial charge in [0.25, 0.3) is 0 Å². The lowest BCUT2D eigenvalue weighted by molar-refractivity contribution is -0.176. The van der Waals surface area contributed by atoms with Gasteiger partial charge in [0, 0.05) is 12.5 Å². The Hall–Kier alpha value is -1.75. The third-order valence-corrected chi connectivity index (χ3v) is 4.74. The van der Waals surface area contributed by atoms with Gasteiger partial charge in [-0.1, -0.05) is 31.7 Å². The number of rotatable bonds is 2. The average Bonchev–Trinajstić information content (AvgIpc) is 2.66. The summed E-state index contributed by atoms with van der Waals surface area (Å²) in [6.45, 7) is 1.37. The van der Waals surface area contributed by atoms with Crippen LogP contribution in [0.25, 0.3) is 5.57 Å². The molecule has 0 aromatic heterocycles. The average molecular weight is 322 g/mol. The second-order valence-corrected chi connectivity index (χ2v) is 6.45. The van der Waals surface area contributed by atoms with Crippen molar-refractivity contribution >= 4 is 11.5 Å². The molecule has 0 amide bonds. The molecule has 2 aliphatic rings. The van der Waals surface area contributed by atoms with E-state index in [1.54, 1.807) is 0 Å². The molecule has 1 heterocycles. The van der Waals surface area contributed by atoms with Crippen LogP contribution in [-0.4, -0.2) is 16.9 Å². The summed E-state index contributed by atoms with van der Waals surface area (Å²) in [5.74, 6) is -4.41. The van der Waals surface area contributed by atoms with Gasteiger partial charge >= 0.3 is 5.97 Å². The van der Waals surface area contributed by atoms with Crippen LogP contribution in [0, 0.1) is 17.6 Å². The van der Waals surface area contributed by atoms with Gasteiger partial charge in [0.05, 0.1) is 11.1 Å². The zero-order valence-corrected chi connectivity index (χ0v) is 13.1. The van der Waals surface area contributed by atoms with E-state index < -0.39 is 29.0 Å². The fourth-order valence-corrected chi connectivity index (χ4v) is 3.75. The third-order valence-electron chi connectivity index (χ3n) is 4.74. The van der Waals surface area contributed by atoms with Crippen molar-refractivity contribution in [2.24, 2.45) is 5.92 Å². The van der Waals surface area contributed by atoms with Gasteiger partial charge in [0.2, 0.25) is 5.79 Å². The van der Waals surface area contributed by atoms with Gasteiger partial charge in [-0.25, -0.2) is 13.6 Å². The monoisotopic (exact) mass is 322 g/mol. The predicted molar refractivity (Wildman–Crippen MR) is 81.2 cm³/mol. The Kier molecular flexibility index (Phi) is 4.23. The van der Waals surface area contributed by atoms with E-state index in [2.05, 4.69) is 0 Å². The maximum Gasteiger partial charge on any atom is 0.341 e. The lowest BCUT2D eigenvalue weighted by Crippen LogP contribution is -2.30. The molecule has 1 aliphatic heterocycles. The number of carbonyl (C=O) groups is 1. The van der Waals surface area contributed by atoms with Crippen molar-refractivity contribution in [2.75, 3.05) is 0 Å². The Balaban J connectivity index is 2.18. The zero-order valence-electron chi connectivity index (χ0n) is 13.1. The Morgan fingerprint density at radius 1 is 1.13 bits per heavy atom. The molecule has 0 radical (unpaired) electrons. The van der Waals surface area contributed by atoms with E-state index in [4.69, 9.17) is 4.74 Å². The van der Waals surface area contributed by atoms with Crippen LogP contribution < -0.4 is 0 Å². The summed E-state index contributed by atoms with van der Waals surface area (Å²) < 4.78 is 33.4. The van der Waals surface area contributed by atoms with Crippen molar-refractivity contribution in [3.63, 3.8) is 0 Å². The lowest BCUT2D eigenvalue weighted by atomic mass is 9.83. The first-order valence-corrected chi connectivity index (χ1v) is 8.06. The van der Waals surface area contributed by atoms with Crippen LogP contribution in [0.4, 0.5) is 8.78 Å². The lowest BCUT2D eigenvalue weighted by Gasteiger charge is -2.26. The Morgan fingerprint density at radius 2 is 1.70 bits per heavy atom. The Labute approximate surface area is 134 Å². The van der Waals surface area contributed by atoms with Crippen molar-refractivity contribution in [2.45, 2.75) is 51.2 Å². The largest absolute Gasteiger partial charge is 0.426 e. The number of hydrogen-bond donors (Lipinski definition) is 1. The fourth-order valence-electron chi connectivity index (χ4n) is 3.75. The highest BCUT2D eigenvalue weighted by Gasteiger charge is 2.47. The molecule has 0 saturated heterocycles. The predicted octanol–water partition coefficient (Wildman–Crippen LogP) is 3.95. The highest BCUT2D eigenvalue weighted by Crippen LogP contribution is 2.45. The molecular weight excluding hydrogens is 302 g/mol. The third kappa shape index (κ3) is 2.90. The molecular formula is C18H20F2O3. The van der Waals surface area contributed by atoms with Gasteiger partial charge in [-0.2, -0.15) is 0 Å². The van der Waals surface area contributed by atoms with Crippen LogP contribution in [0.5, 0.6) is 0 Å².